The number of hydrogen-bond donors (Lipinski definition) is 0. The fraction of sp³-hybridized carbons (Fsp3) is 0.100. The summed E-state index contributed by atoms with van der Waals surface area (Å²) < 4.78 is 13.4. The van der Waals surface area contributed by atoms with Crippen LogP contribution in [0.2, 0.25) is 10.0 Å². The topological polar surface area (TPSA) is 43.1 Å². The maximum Gasteiger partial charge on any atom is 0.274 e. The van der Waals surface area contributed by atoms with Crippen LogP contribution in [0, 0.1) is 22.9 Å². The van der Waals surface area contributed by atoms with Crippen LogP contribution in [0.15, 0.2) is 54.6 Å². The molecule has 0 unspecified atom stereocenters. The highest BCUT2D eigenvalue weighted by Gasteiger charge is 2.18. The maximum atomic E-state index is 13.4. The second-order valence-corrected chi connectivity index (χ2v) is 6.78. The molecule has 0 radical (unpaired) electrons. The average Bonchev–Trinajstić information content (AvgIpc) is 2.57. The van der Waals surface area contributed by atoms with Gasteiger partial charge < -0.3 is 0 Å². The molecule has 26 heavy (non-hydrogen) atoms. The van der Waals surface area contributed by atoms with Crippen LogP contribution < -0.4 is 0 Å². The zero-order valence-corrected chi connectivity index (χ0v) is 15.3. The summed E-state index contributed by atoms with van der Waals surface area (Å²) in [4.78, 5) is 10.9. The molecule has 3 aromatic rings. The molecule has 0 aliphatic heterocycles. The van der Waals surface area contributed by atoms with E-state index >= 15 is 0 Å². The minimum Gasteiger partial charge on any atom is -0.258 e. The van der Waals surface area contributed by atoms with Crippen LogP contribution in [0.5, 0.6) is 0 Å². The Bertz CT molecular complexity index is 1010. The molecule has 0 bridgehead atoms. The van der Waals surface area contributed by atoms with Crippen LogP contribution in [-0.4, -0.2) is 4.92 Å². The van der Waals surface area contributed by atoms with Gasteiger partial charge in [0.2, 0.25) is 0 Å². The van der Waals surface area contributed by atoms with Gasteiger partial charge in [0.15, 0.2) is 0 Å². The zero-order chi connectivity index (χ0) is 18.8. The molecule has 0 heterocycles. The van der Waals surface area contributed by atoms with Crippen molar-refractivity contribution in [1.82, 2.24) is 0 Å². The van der Waals surface area contributed by atoms with E-state index in [1.165, 1.54) is 18.2 Å². The summed E-state index contributed by atoms with van der Waals surface area (Å²) >= 11 is 12.1. The molecule has 132 valence electrons. The summed E-state index contributed by atoms with van der Waals surface area (Å²) in [7, 11) is 0. The number of hydrogen-bond acceptors (Lipinski definition) is 2. The summed E-state index contributed by atoms with van der Waals surface area (Å²) in [5, 5.41) is 12.0. The van der Waals surface area contributed by atoms with Gasteiger partial charge in [-0.15, -0.1) is 0 Å². The molecule has 0 saturated carbocycles. The maximum absolute atomic E-state index is 13.4. The highest BCUT2D eigenvalue weighted by Crippen LogP contribution is 2.36. The van der Waals surface area contributed by atoms with Crippen molar-refractivity contribution in [2.75, 3.05) is 0 Å². The number of nitrogens with zero attached hydrogens (tertiary/aromatic N) is 1. The molecule has 0 saturated heterocycles. The molecular formula is C20H14Cl2FNO2. The molecule has 0 aromatic heterocycles. The van der Waals surface area contributed by atoms with Crippen molar-refractivity contribution in [3.05, 3.63) is 97.3 Å². The van der Waals surface area contributed by atoms with Gasteiger partial charge in [0, 0.05) is 28.6 Å². The molecule has 3 aromatic carbocycles. The van der Waals surface area contributed by atoms with Crippen LogP contribution >= 0.6 is 23.2 Å². The lowest BCUT2D eigenvalue weighted by molar-refractivity contribution is -0.385. The van der Waals surface area contributed by atoms with E-state index in [1.54, 1.807) is 18.2 Å². The highest BCUT2D eigenvalue weighted by atomic mass is 35.5. The Labute approximate surface area is 160 Å². The lowest BCUT2D eigenvalue weighted by Crippen LogP contribution is -2.00. The molecule has 0 spiro atoms. The van der Waals surface area contributed by atoms with Crippen LogP contribution in [0.1, 0.15) is 16.7 Å². The van der Waals surface area contributed by atoms with E-state index in [0.717, 1.165) is 16.7 Å². The van der Waals surface area contributed by atoms with E-state index in [4.69, 9.17) is 23.2 Å². The summed E-state index contributed by atoms with van der Waals surface area (Å²) in [5.41, 5.74) is 3.87. The summed E-state index contributed by atoms with van der Waals surface area (Å²) in [6.45, 7) is 1.93. The predicted octanol–water partition coefficient (Wildman–Crippen LogP) is 6.61. The van der Waals surface area contributed by atoms with Gasteiger partial charge in [-0.25, -0.2) is 4.39 Å². The van der Waals surface area contributed by atoms with Gasteiger partial charge >= 0.3 is 0 Å². The minimum atomic E-state index is -0.443. The SMILES string of the molecule is Cc1cccc(Cc2ccc(Cl)cc2[N+](=O)[O-])c1-c1ccc(F)cc1Cl. The first-order chi connectivity index (χ1) is 12.4. The van der Waals surface area contributed by atoms with Crippen LogP contribution in [0.4, 0.5) is 10.1 Å². The van der Waals surface area contributed by atoms with Gasteiger partial charge in [0.05, 0.1) is 9.95 Å². The molecule has 0 aliphatic rings. The van der Waals surface area contributed by atoms with E-state index in [0.29, 0.717) is 27.6 Å². The normalized spacial score (nSPS) is 10.8. The largest absolute Gasteiger partial charge is 0.274 e. The Morgan fingerprint density at radius 3 is 2.50 bits per heavy atom. The van der Waals surface area contributed by atoms with Gasteiger partial charge in [-0.2, -0.15) is 0 Å². The first-order valence-electron chi connectivity index (χ1n) is 7.83. The van der Waals surface area contributed by atoms with E-state index in [-0.39, 0.29) is 5.69 Å². The van der Waals surface area contributed by atoms with Gasteiger partial charge in [0.1, 0.15) is 5.82 Å². The lowest BCUT2D eigenvalue weighted by Gasteiger charge is -2.15. The first-order valence-corrected chi connectivity index (χ1v) is 8.59. The number of nitro benzene ring substituents is 1. The Balaban J connectivity index is 2.14. The van der Waals surface area contributed by atoms with Crippen molar-refractivity contribution < 1.29 is 9.31 Å². The van der Waals surface area contributed by atoms with Gasteiger partial charge in [-0.05, 0) is 47.9 Å². The van der Waals surface area contributed by atoms with Crippen LogP contribution in [0.25, 0.3) is 11.1 Å². The van der Waals surface area contributed by atoms with Crippen LogP contribution in [0.3, 0.4) is 0 Å². The van der Waals surface area contributed by atoms with Crippen molar-refractivity contribution in [2.45, 2.75) is 13.3 Å². The zero-order valence-electron chi connectivity index (χ0n) is 13.8. The highest BCUT2D eigenvalue weighted by molar-refractivity contribution is 6.33. The number of halogens is 3. The van der Waals surface area contributed by atoms with E-state index in [1.807, 2.05) is 25.1 Å². The summed E-state index contributed by atoms with van der Waals surface area (Å²) in [6, 6.07) is 14.6. The smallest absolute Gasteiger partial charge is 0.258 e. The van der Waals surface area contributed by atoms with E-state index in [2.05, 4.69) is 0 Å². The molecule has 0 fully saturated rings. The minimum absolute atomic E-state index is 0.0323. The van der Waals surface area contributed by atoms with Crippen molar-refractivity contribution >= 4 is 28.9 Å². The Morgan fingerprint density at radius 2 is 1.81 bits per heavy atom. The molecule has 3 rings (SSSR count). The van der Waals surface area contributed by atoms with E-state index in [9.17, 15) is 14.5 Å². The number of aryl methyl sites for hydroxylation is 1. The predicted molar refractivity (Wildman–Crippen MR) is 102 cm³/mol. The number of rotatable bonds is 4. The monoisotopic (exact) mass is 389 g/mol. The van der Waals surface area contributed by atoms with Crippen molar-refractivity contribution in [3.63, 3.8) is 0 Å². The fourth-order valence-corrected chi connectivity index (χ4v) is 3.44. The van der Waals surface area contributed by atoms with Gasteiger partial charge in [-0.1, -0.05) is 47.5 Å². The quantitative estimate of drug-likeness (QED) is 0.372. The van der Waals surface area contributed by atoms with Crippen molar-refractivity contribution in [1.29, 1.82) is 0 Å². The van der Waals surface area contributed by atoms with Gasteiger partial charge in [0.25, 0.3) is 5.69 Å². The standard InChI is InChI=1S/C20H14Cl2FNO2/c1-12-3-2-4-14(20(12)17-8-7-16(23)11-18(17)22)9-13-5-6-15(21)10-19(13)24(25)26/h2-8,10-11H,9H2,1H3. The van der Waals surface area contributed by atoms with E-state index < -0.39 is 10.7 Å². The Morgan fingerprint density at radius 1 is 1.04 bits per heavy atom. The van der Waals surface area contributed by atoms with Crippen LogP contribution in [-0.2, 0) is 6.42 Å². The molecule has 0 aliphatic carbocycles. The molecule has 3 nitrogen and oxygen atoms in total. The van der Waals surface area contributed by atoms with Gasteiger partial charge in [-0.3, -0.25) is 10.1 Å². The van der Waals surface area contributed by atoms with Crippen molar-refractivity contribution in [3.8, 4) is 11.1 Å². The summed E-state index contributed by atoms with van der Waals surface area (Å²) in [6.07, 6.45) is 0.332. The number of nitro groups is 1. The molecule has 0 atom stereocenters. The Hall–Kier alpha value is -2.43. The average molecular weight is 390 g/mol. The second-order valence-electron chi connectivity index (χ2n) is 5.94. The number of benzene rings is 3. The lowest BCUT2D eigenvalue weighted by atomic mass is 9.91. The molecule has 0 N–H and O–H groups in total. The third-order valence-corrected chi connectivity index (χ3v) is 4.73. The molecule has 6 heteroatoms. The molecular weight excluding hydrogens is 376 g/mol. The van der Waals surface area contributed by atoms with Crippen molar-refractivity contribution in [2.24, 2.45) is 0 Å². The summed E-state index contributed by atoms with van der Waals surface area (Å²) in [5.74, 6) is -0.415. The third kappa shape index (κ3) is 3.71. The fourth-order valence-electron chi connectivity index (χ4n) is 3.02. The first kappa shape index (κ1) is 18.4. The Kier molecular flexibility index (Phi) is 5.25. The molecule has 0 amide bonds. The third-order valence-electron chi connectivity index (χ3n) is 4.18. The second kappa shape index (κ2) is 7.44.